The molecule has 0 unspecified atom stereocenters. The molecule has 1 aliphatic rings. The third-order valence-corrected chi connectivity index (χ3v) is 4.98. The number of fused-ring (bicyclic) bond motifs is 1. The minimum Gasteiger partial charge on any atom is -0.481 e. The smallest absolute Gasteiger partial charge is 0.416 e. The third-order valence-electron chi connectivity index (χ3n) is 4.98. The molecule has 0 aliphatic heterocycles. The van der Waals surface area contributed by atoms with Crippen LogP contribution in [-0.2, 0) is 12.6 Å². The average molecular weight is 435 g/mol. The van der Waals surface area contributed by atoms with Crippen LogP contribution in [-0.4, -0.2) is 23.0 Å². The van der Waals surface area contributed by atoms with Gasteiger partial charge in [0.05, 0.1) is 36.2 Å². The van der Waals surface area contributed by atoms with Crippen LogP contribution in [0.25, 0.3) is 11.5 Å². The molecule has 1 aliphatic carbocycles. The third kappa shape index (κ3) is 4.23. The Morgan fingerprint density at radius 3 is 2.84 bits per heavy atom. The summed E-state index contributed by atoms with van der Waals surface area (Å²) in [5, 5.41) is 2.70. The molecular weight excluding hydrogens is 418 g/mol. The van der Waals surface area contributed by atoms with Gasteiger partial charge in [-0.3, -0.25) is 4.79 Å². The van der Waals surface area contributed by atoms with Gasteiger partial charge in [0, 0.05) is 11.6 Å². The molecule has 2 heterocycles. The lowest BCUT2D eigenvalue weighted by molar-refractivity contribution is -0.137. The number of alkyl halides is 3. The second kappa shape index (κ2) is 8.01. The summed E-state index contributed by atoms with van der Waals surface area (Å²) >= 11 is 0. The molecule has 3 aromatic rings. The number of rotatable bonds is 4. The molecule has 0 saturated heterocycles. The van der Waals surface area contributed by atoms with Crippen LogP contribution in [0.15, 0.2) is 40.9 Å². The van der Waals surface area contributed by atoms with E-state index in [1.54, 1.807) is 0 Å². The van der Waals surface area contributed by atoms with E-state index < -0.39 is 29.5 Å². The fourth-order valence-electron chi connectivity index (χ4n) is 3.45. The van der Waals surface area contributed by atoms with Gasteiger partial charge in [-0.1, -0.05) is 6.07 Å². The van der Waals surface area contributed by atoms with Gasteiger partial charge in [0.2, 0.25) is 11.8 Å². The lowest BCUT2D eigenvalue weighted by Crippen LogP contribution is -2.30. The van der Waals surface area contributed by atoms with Gasteiger partial charge < -0.3 is 14.5 Å². The molecule has 1 aromatic carbocycles. The van der Waals surface area contributed by atoms with Crippen molar-refractivity contribution in [3.8, 4) is 17.3 Å². The Morgan fingerprint density at radius 1 is 1.29 bits per heavy atom. The van der Waals surface area contributed by atoms with Crippen molar-refractivity contribution in [3.63, 3.8) is 0 Å². The van der Waals surface area contributed by atoms with Crippen molar-refractivity contribution in [1.29, 1.82) is 0 Å². The van der Waals surface area contributed by atoms with Crippen LogP contribution in [0.2, 0.25) is 0 Å². The molecule has 162 valence electrons. The van der Waals surface area contributed by atoms with Crippen LogP contribution >= 0.6 is 0 Å². The van der Waals surface area contributed by atoms with Gasteiger partial charge in [-0.25, -0.2) is 14.4 Å². The van der Waals surface area contributed by atoms with E-state index in [4.69, 9.17) is 9.15 Å². The quantitative estimate of drug-likeness (QED) is 0.601. The SMILES string of the molecule is COc1cc(-c2nc3c(o2)[C@@H](NC(=O)c2cccc(C(F)(F)F)c2)CCC3)c(F)cn1. The molecule has 1 N–H and O–H groups in total. The second-order valence-electron chi connectivity index (χ2n) is 7.03. The van der Waals surface area contributed by atoms with Crippen molar-refractivity contribution < 1.29 is 31.5 Å². The molecule has 0 radical (unpaired) electrons. The first-order valence-electron chi connectivity index (χ1n) is 9.44. The lowest BCUT2D eigenvalue weighted by Gasteiger charge is -2.21. The second-order valence-corrected chi connectivity index (χ2v) is 7.03. The summed E-state index contributed by atoms with van der Waals surface area (Å²) in [5.74, 6) is -0.759. The highest BCUT2D eigenvalue weighted by Crippen LogP contribution is 2.35. The van der Waals surface area contributed by atoms with E-state index in [9.17, 15) is 22.4 Å². The summed E-state index contributed by atoms with van der Waals surface area (Å²) in [6.07, 6.45) is -1.81. The fourth-order valence-corrected chi connectivity index (χ4v) is 3.45. The molecule has 0 saturated carbocycles. The monoisotopic (exact) mass is 435 g/mol. The van der Waals surface area contributed by atoms with Gasteiger partial charge in [-0.15, -0.1) is 0 Å². The molecule has 2 aromatic heterocycles. The van der Waals surface area contributed by atoms with E-state index in [2.05, 4.69) is 15.3 Å². The number of carbonyl (C=O) groups is 1. The fraction of sp³-hybridized carbons (Fsp3) is 0.286. The van der Waals surface area contributed by atoms with Crippen LogP contribution in [0.1, 0.15) is 46.3 Å². The first-order chi connectivity index (χ1) is 14.8. The normalized spacial score (nSPS) is 16.0. The van der Waals surface area contributed by atoms with Gasteiger partial charge >= 0.3 is 6.18 Å². The lowest BCUT2D eigenvalue weighted by atomic mass is 9.96. The van der Waals surface area contributed by atoms with E-state index in [0.717, 1.165) is 18.3 Å². The standard InChI is InChI=1S/C21H17F4N3O3/c1-30-17-9-13(14(22)10-26-17)20-28-16-7-3-6-15(18(16)31-20)27-19(29)11-4-2-5-12(8-11)21(23,24)25/h2,4-5,8-10,15H,3,6-7H2,1H3,(H,27,29)/t15-/m0/s1. The zero-order valence-corrected chi connectivity index (χ0v) is 16.3. The number of ether oxygens (including phenoxy) is 1. The minimum atomic E-state index is -4.55. The topological polar surface area (TPSA) is 77.3 Å². The number of carbonyl (C=O) groups excluding carboxylic acids is 1. The maximum absolute atomic E-state index is 14.2. The number of aryl methyl sites for hydroxylation is 1. The molecule has 0 fully saturated rings. The predicted octanol–water partition coefficient (Wildman–Crippen LogP) is 4.71. The molecule has 6 nitrogen and oxygen atoms in total. The van der Waals surface area contributed by atoms with Gasteiger partial charge in [0.1, 0.15) is 5.76 Å². The van der Waals surface area contributed by atoms with Gasteiger partial charge in [-0.05, 0) is 37.5 Å². The van der Waals surface area contributed by atoms with Crippen molar-refractivity contribution in [2.24, 2.45) is 0 Å². The van der Waals surface area contributed by atoms with E-state index in [0.29, 0.717) is 30.7 Å². The van der Waals surface area contributed by atoms with Crippen molar-refractivity contribution >= 4 is 5.91 Å². The largest absolute Gasteiger partial charge is 0.481 e. The average Bonchev–Trinajstić information content (AvgIpc) is 3.19. The maximum atomic E-state index is 14.2. The molecule has 0 spiro atoms. The van der Waals surface area contributed by atoms with Crippen molar-refractivity contribution in [2.45, 2.75) is 31.5 Å². The summed E-state index contributed by atoms with van der Waals surface area (Å²) < 4.78 is 63.8. The van der Waals surface area contributed by atoms with Gasteiger partial charge in [-0.2, -0.15) is 13.2 Å². The first-order valence-corrected chi connectivity index (χ1v) is 9.44. The Balaban J connectivity index is 1.60. The summed E-state index contributed by atoms with van der Waals surface area (Å²) in [7, 11) is 1.39. The van der Waals surface area contributed by atoms with Gasteiger partial charge in [0.25, 0.3) is 5.91 Å². The zero-order chi connectivity index (χ0) is 22.2. The molecular formula is C21H17F4N3O3. The van der Waals surface area contributed by atoms with Crippen molar-refractivity contribution in [3.05, 3.63) is 64.9 Å². The number of nitrogens with zero attached hydrogens (tertiary/aromatic N) is 2. The summed E-state index contributed by atoms with van der Waals surface area (Å²) in [5.41, 5.74) is -0.407. The van der Waals surface area contributed by atoms with Crippen molar-refractivity contribution in [2.75, 3.05) is 7.11 Å². The number of amides is 1. The number of oxazole rings is 1. The number of hydrogen-bond donors (Lipinski definition) is 1. The van der Waals surface area contributed by atoms with Crippen LogP contribution in [0.3, 0.4) is 0 Å². The number of pyridine rings is 1. The molecule has 4 rings (SSSR count). The van der Waals surface area contributed by atoms with E-state index in [-0.39, 0.29) is 22.9 Å². The molecule has 31 heavy (non-hydrogen) atoms. The number of hydrogen-bond acceptors (Lipinski definition) is 5. The first kappa shape index (κ1) is 20.8. The highest BCUT2D eigenvalue weighted by Gasteiger charge is 2.32. The number of aromatic nitrogens is 2. The maximum Gasteiger partial charge on any atom is 0.416 e. The Hall–Kier alpha value is -3.43. The molecule has 10 heteroatoms. The zero-order valence-electron chi connectivity index (χ0n) is 16.3. The number of halogens is 4. The van der Waals surface area contributed by atoms with Crippen LogP contribution in [0.4, 0.5) is 17.6 Å². The van der Waals surface area contributed by atoms with Crippen LogP contribution < -0.4 is 10.1 Å². The van der Waals surface area contributed by atoms with Crippen LogP contribution in [0, 0.1) is 5.82 Å². The number of methoxy groups -OCH3 is 1. The van der Waals surface area contributed by atoms with Crippen LogP contribution in [0.5, 0.6) is 5.88 Å². The predicted molar refractivity (Wildman–Crippen MR) is 101 cm³/mol. The Kier molecular flexibility index (Phi) is 5.38. The van der Waals surface area contributed by atoms with Crippen molar-refractivity contribution in [1.82, 2.24) is 15.3 Å². The highest BCUT2D eigenvalue weighted by atomic mass is 19.4. The summed E-state index contributed by atoms with van der Waals surface area (Å²) in [4.78, 5) is 20.7. The Bertz CT molecular complexity index is 1130. The summed E-state index contributed by atoms with van der Waals surface area (Å²) in [6, 6.07) is 4.93. The van der Waals surface area contributed by atoms with E-state index >= 15 is 0 Å². The van der Waals surface area contributed by atoms with Gasteiger partial charge in [0.15, 0.2) is 5.82 Å². The Labute approximate surface area is 174 Å². The number of nitrogens with one attached hydrogen (secondary N) is 1. The molecule has 0 bridgehead atoms. The molecule has 1 amide bonds. The molecule has 1 atom stereocenters. The minimum absolute atomic E-state index is 0.0171. The highest BCUT2D eigenvalue weighted by molar-refractivity contribution is 5.94. The van der Waals surface area contributed by atoms with E-state index in [1.165, 1.54) is 25.3 Å². The summed E-state index contributed by atoms with van der Waals surface area (Å²) in [6.45, 7) is 0. The Morgan fingerprint density at radius 2 is 2.10 bits per heavy atom. The van der Waals surface area contributed by atoms with E-state index in [1.807, 2.05) is 0 Å². The number of benzene rings is 1.